The molecule has 0 N–H and O–H groups in total. The van der Waals surface area contributed by atoms with Crippen LogP contribution in [0.15, 0.2) is 41.5 Å². The number of ether oxygens (including phenoxy) is 2. The third kappa shape index (κ3) is 5.04. The lowest BCUT2D eigenvalue weighted by molar-refractivity contribution is -0.134. The number of aryl methyl sites for hydroxylation is 2. The van der Waals surface area contributed by atoms with Gasteiger partial charge in [-0.25, -0.2) is 5.01 Å². The molecule has 1 unspecified atom stereocenters. The van der Waals surface area contributed by atoms with Crippen LogP contribution >= 0.6 is 0 Å². The Hall–Kier alpha value is -2.90. The molecule has 2 heterocycles. The molecule has 0 bridgehead atoms. The third-order valence-corrected chi connectivity index (χ3v) is 6.62. The van der Waals surface area contributed by atoms with E-state index in [0.717, 1.165) is 54.3 Å². The summed E-state index contributed by atoms with van der Waals surface area (Å²) in [4.78, 5) is 18.0. The van der Waals surface area contributed by atoms with E-state index in [2.05, 4.69) is 48.9 Å². The Bertz CT molecular complexity index is 1040. The topological polar surface area (TPSA) is 57.6 Å². The zero-order valence-corrected chi connectivity index (χ0v) is 20.3. The van der Waals surface area contributed by atoms with Crippen molar-refractivity contribution >= 4 is 11.6 Å². The van der Waals surface area contributed by atoms with Gasteiger partial charge in [0.15, 0.2) is 0 Å². The normalized spacial score (nSPS) is 19.5. The smallest absolute Gasteiger partial charge is 0.257 e. The monoisotopic (exact) mass is 450 g/mol. The Labute approximate surface area is 196 Å². The number of nitrogens with zero attached hydrogens (tertiary/aromatic N) is 4. The van der Waals surface area contributed by atoms with E-state index in [4.69, 9.17) is 14.6 Å². The molecule has 1 saturated heterocycles. The highest BCUT2D eigenvalue weighted by molar-refractivity contribution is 6.04. The quantitative estimate of drug-likeness (QED) is 0.676. The van der Waals surface area contributed by atoms with Crippen LogP contribution in [0, 0.1) is 13.8 Å². The summed E-state index contributed by atoms with van der Waals surface area (Å²) in [7, 11) is 5.40. The summed E-state index contributed by atoms with van der Waals surface area (Å²) >= 11 is 0. The van der Waals surface area contributed by atoms with E-state index in [1.54, 1.807) is 19.2 Å². The van der Waals surface area contributed by atoms with Crippen LogP contribution < -0.4 is 9.47 Å². The maximum Gasteiger partial charge on any atom is 0.257 e. The van der Waals surface area contributed by atoms with Crippen LogP contribution in [-0.2, 0) is 4.79 Å². The molecule has 4 rings (SSSR count). The second-order valence-corrected chi connectivity index (χ2v) is 9.01. The lowest BCUT2D eigenvalue weighted by Crippen LogP contribution is -2.48. The van der Waals surface area contributed by atoms with E-state index in [1.807, 2.05) is 18.2 Å². The standard InChI is InChI=1S/C26H34N4O3/c1-18-6-7-19(2)22(14-18)23-16-24(21-9-8-20(32-4)15-25(21)33-5)30(27-23)26(31)17-29-12-10-28(3)11-13-29/h6-9,14-15,24H,10-13,16-17H2,1-5H3. The number of amides is 1. The molecular weight excluding hydrogens is 416 g/mol. The summed E-state index contributed by atoms with van der Waals surface area (Å²) < 4.78 is 11.1. The number of carbonyl (C=O) groups excluding carboxylic acids is 1. The number of rotatable bonds is 6. The second kappa shape index (κ2) is 9.93. The summed E-state index contributed by atoms with van der Waals surface area (Å²) in [6.07, 6.45) is 0.640. The fraction of sp³-hybridized carbons (Fsp3) is 0.462. The van der Waals surface area contributed by atoms with Crippen molar-refractivity contribution in [1.29, 1.82) is 0 Å². The number of carbonyl (C=O) groups is 1. The van der Waals surface area contributed by atoms with E-state index in [-0.39, 0.29) is 11.9 Å². The number of hydrogen-bond acceptors (Lipinski definition) is 6. The molecule has 33 heavy (non-hydrogen) atoms. The van der Waals surface area contributed by atoms with Gasteiger partial charge in [-0.3, -0.25) is 9.69 Å². The van der Waals surface area contributed by atoms with Crippen LogP contribution in [0.1, 0.15) is 34.7 Å². The van der Waals surface area contributed by atoms with Gasteiger partial charge in [-0.1, -0.05) is 17.7 Å². The fourth-order valence-corrected chi connectivity index (χ4v) is 4.56. The highest BCUT2D eigenvalue weighted by Gasteiger charge is 2.36. The highest BCUT2D eigenvalue weighted by Crippen LogP contribution is 2.39. The average molecular weight is 451 g/mol. The van der Waals surface area contributed by atoms with Crippen molar-refractivity contribution in [3.05, 3.63) is 58.7 Å². The van der Waals surface area contributed by atoms with Crippen LogP contribution in [0.25, 0.3) is 0 Å². The zero-order valence-electron chi connectivity index (χ0n) is 20.3. The van der Waals surface area contributed by atoms with E-state index in [9.17, 15) is 4.79 Å². The predicted octanol–water partition coefficient (Wildman–Crippen LogP) is 3.25. The first-order valence-electron chi connectivity index (χ1n) is 11.5. The Balaban J connectivity index is 1.67. The molecule has 2 aliphatic rings. The second-order valence-electron chi connectivity index (χ2n) is 9.01. The Kier molecular flexibility index (Phi) is 7.00. The van der Waals surface area contributed by atoms with E-state index < -0.39 is 0 Å². The van der Waals surface area contributed by atoms with Crippen molar-refractivity contribution in [2.24, 2.45) is 5.10 Å². The molecule has 0 aromatic heterocycles. The lowest BCUT2D eigenvalue weighted by atomic mass is 9.94. The number of likely N-dealkylation sites (N-methyl/N-ethyl adjacent to an activating group) is 1. The van der Waals surface area contributed by atoms with Gasteiger partial charge in [0.2, 0.25) is 0 Å². The average Bonchev–Trinajstić information content (AvgIpc) is 3.26. The van der Waals surface area contributed by atoms with Crippen molar-refractivity contribution in [3.8, 4) is 11.5 Å². The molecule has 0 saturated carbocycles. The summed E-state index contributed by atoms with van der Waals surface area (Å²) in [6, 6.07) is 11.9. The molecule has 7 heteroatoms. The number of methoxy groups -OCH3 is 2. The molecule has 176 valence electrons. The van der Waals surface area contributed by atoms with Gasteiger partial charge in [0.1, 0.15) is 11.5 Å². The highest BCUT2D eigenvalue weighted by atomic mass is 16.5. The molecule has 0 aliphatic carbocycles. The molecule has 1 fully saturated rings. The van der Waals surface area contributed by atoms with Gasteiger partial charge >= 0.3 is 0 Å². The van der Waals surface area contributed by atoms with Crippen molar-refractivity contribution in [1.82, 2.24) is 14.8 Å². The Morgan fingerprint density at radius 2 is 1.79 bits per heavy atom. The molecular formula is C26H34N4O3. The number of benzene rings is 2. The third-order valence-electron chi connectivity index (χ3n) is 6.62. The van der Waals surface area contributed by atoms with E-state index >= 15 is 0 Å². The SMILES string of the molecule is COc1ccc(C2CC(c3cc(C)ccc3C)=NN2C(=O)CN2CCN(C)CC2)c(OC)c1. The molecule has 1 atom stereocenters. The van der Waals surface area contributed by atoms with Gasteiger partial charge < -0.3 is 14.4 Å². The van der Waals surface area contributed by atoms with Crippen molar-refractivity contribution in [2.75, 3.05) is 54.0 Å². The minimum absolute atomic E-state index is 0.0164. The summed E-state index contributed by atoms with van der Waals surface area (Å²) in [6.45, 7) is 8.26. The summed E-state index contributed by atoms with van der Waals surface area (Å²) in [5.41, 5.74) is 5.31. The molecule has 1 amide bonds. The van der Waals surface area contributed by atoms with Crippen LogP contribution in [0.3, 0.4) is 0 Å². The van der Waals surface area contributed by atoms with Gasteiger partial charge in [0.05, 0.1) is 32.5 Å². The van der Waals surface area contributed by atoms with Crippen LogP contribution in [0.5, 0.6) is 11.5 Å². The van der Waals surface area contributed by atoms with Gasteiger partial charge in [-0.2, -0.15) is 5.10 Å². The number of piperazine rings is 1. The number of hydrazone groups is 1. The largest absolute Gasteiger partial charge is 0.497 e. The molecule has 2 aliphatic heterocycles. The van der Waals surface area contributed by atoms with Crippen molar-refractivity contribution < 1.29 is 14.3 Å². The van der Waals surface area contributed by atoms with E-state index in [0.29, 0.717) is 18.7 Å². The minimum Gasteiger partial charge on any atom is -0.497 e. The maximum absolute atomic E-state index is 13.5. The molecule has 2 aromatic carbocycles. The van der Waals surface area contributed by atoms with Crippen LogP contribution in [0.4, 0.5) is 0 Å². The Morgan fingerprint density at radius 1 is 1.03 bits per heavy atom. The zero-order chi connectivity index (χ0) is 23.5. The van der Waals surface area contributed by atoms with Crippen molar-refractivity contribution in [3.63, 3.8) is 0 Å². The summed E-state index contributed by atoms with van der Waals surface area (Å²) in [5, 5.41) is 6.57. The lowest BCUT2D eigenvalue weighted by Gasteiger charge is -2.33. The van der Waals surface area contributed by atoms with Gasteiger partial charge in [0, 0.05) is 49.8 Å². The first-order chi connectivity index (χ1) is 15.9. The van der Waals surface area contributed by atoms with Crippen LogP contribution in [0.2, 0.25) is 0 Å². The molecule has 0 spiro atoms. The first-order valence-corrected chi connectivity index (χ1v) is 11.5. The van der Waals surface area contributed by atoms with E-state index in [1.165, 1.54) is 5.56 Å². The minimum atomic E-state index is -0.222. The summed E-state index contributed by atoms with van der Waals surface area (Å²) in [5.74, 6) is 1.44. The first kappa shape index (κ1) is 23.3. The van der Waals surface area contributed by atoms with Gasteiger partial charge in [0.25, 0.3) is 5.91 Å². The molecule has 7 nitrogen and oxygen atoms in total. The number of hydrogen-bond donors (Lipinski definition) is 0. The van der Waals surface area contributed by atoms with Crippen LogP contribution in [-0.4, -0.2) is 80.4 Å². The Morgan fingerprint density at radius 3 is 2.48 bits per heavy atom. The predicted molar refractivity (Wildman–Crippen MR) is 130 cm³/mol. The van der Waals surface area contributed by atoms with Crippen molar-refractivity contribution in [2.45, 2.75) is 26.3 Å². The fourth-order valence-electron chi connectivity index (χ4n) is 4.56. The maximum atomic E-state index is 13.5. The molecule has 2 aromatic rings. The van der Waals surface area contributed by atoms with Gasteiger partial charge in [-0.05, 0) is 44.7 Å². The molecule has 0 radical (unpaired) electrons. The van der Waals surface area contributed by atoms with Gasteiger partial charge in [-0.15, -0.1) is 0 Å².